The highest BCUT2D eigenvalue weighted by Crippen LogP contribution is 2.43. The molecular weight excluding hydrogens is 298 g/mol. The number of hydrogen-bond donors (Lipinski definition) is 0. The van der Waals surface area contributed by atoms with Crippen molar-refractivity contribution in [3.63, 3.8) is 0 Å². The molecule has 3 unspecified atom stereocenters. The summed E-state index contributed by atoms with van der Waals surface area (Å²) in [5.74, 6) is 0.0911. The number of piperidine rings is 1. The van der Waals surface area contributed by atoms with E-state index in [0.29, 0.717) is 6.04 Å². The number of benzene rings is 1. The maximum atomic E-state index is 11.7. The van der Waals surface area contributed by atoms with E-state index in [-0.39, 0.29) is 24.3 Å². The first-order valence-electron chi connectivity index (χ1n) is 7.98. The summed E-state index contributed by atoms with van der Waals surface area (Å²) in [7, 11) is 0. The van der Waals surface area contributed by atoms with E-state index in [1.165, 1.54) is 6.92 Å². The average molecular weight is 326 g/mol. The summed E-state index contributed by atoms with van der Waals surface area (Å²) in [5, 5.41) is 0. The minimum atomic E-state index is -0.489. The summed E-state index contributed by atoms with van der Waals surface area (Å²) >= 11 is 0. The van der Waals surface area contributed by atoms with Gasteiger partial charge in [-0.15, -0.1) is 12.4 Å². The molecule has 22 heavy (non-hydrogen) atoms. The van der Waals surface area contributed by atoms with Gasteiger partial charge in [-0.05, 0) is 25.5 Å². The maximum absolute atomic E-state index is 11.7. The molecule has 124 valence electrons. The first-order chi connectivity index (χ1) is 9.99. The average Bonchev–Trinajstić information content (AvgIpc) is 2.45. The van der Waals surface area contributed by atoms with Gasteiger partial charge in [0.05, 0.1) is 0 Å². The molecule has 3 nitrogen and oxygen atoms in total. The summed E-state index contributed by atoms with van der Waals surface area (Å²) in [6.07, 6.45) is 2.01. The Balaban J connectivity index is 0.00000242. The van der Waals surface area contributed by atoms with E-state index in [4.69, 9.17) is 4.74 Å². The van der Waals surface area contributed by atoms with Crippen LogP contribution in [-0.4, -0.2) is 30.0 Å². The second kappa shape index (κ2) is 7.98. The Morgan fingerprint density at radius 2 is 1.95 bits per heavy atom. The van der Waals surface area contributed by atoms with Crippen LogP contribution in [0.2, 0.25) is 0 Å². The summed E-state index contributed by atoms with van der Waals surface area (Å²) < 4.78 is 5.91. The molecule has 0 bridgehead atoms. The molecule has 0 spiro atoms. The molecule has 3 atom stereocenters. The van der Waals surface area contributed by atoms with Gasteiger partial charge in [-0.1, -0.05) is 44.2 Å². The van der Waals surface area contributed by atoms with Crippen LogP contribution in [-0.2, 0) is 15.1 Å². The Morgan fingerprint density at radius 1 is 1.32 bits per heavy atom. The smallest absolute Gasteiger partial charge is 0.303 e. The number of esters is 1. The molecule has 4 heteroatoms. The number of carbonyl (C=O) groups excluding carboxylic acids is 1. The fraction of sp³-hybridized carbons (Fsp3) is 0.611. The van der Waals surface area contributed by atoms with Crippen molar-refractivity contribution in [2.45, 2.75) is 52.2 Å². The Kier molecular flexibility index (Phi) is 6.89. The molecule has 1 saturated heterocycles. The maximum Gasteiger partial charge on any atom is 0.303 e. The normalized spacial score (nSPS) is 28.7. The van der Waals surface area contributed by atoms with E-state index in [2.05, 4.69) is 37.8 Å². The molecule has 1 aliphatic heterocycles. The zero-order valence-corrected chi connectivity index (χ0v) is 14.9. The van der Waals surface area contributed by atoms with Crippen LogP contribution in [0.25, 0.3) is 0 Å². The molecule has 0 aliphatic carbocycles. The van der Waals surface area contributed by atoms with Gasteiger partial charge in [-0.3, -0.25) is 4.79 Å². The zero-order chi connectivity index (χ0) is 15.5. The number of halogens is 1. The SMILES string of the molecule is CCCN1CC(C)C(OC(C)=O)(c2ccccc2)CC1C.Cl. The predicted molar refractivity (Wildman–Crippen MR) is 92.2 cm³/mol. The van der Waals surface area contributed by atoms with Crippen molar-refractivity contribution < 1.29 is 9.53 Å². The van der Waals surface area contributed by atoms with Gasteiger partial charge in [0.25, 0.3) is 0 Å². The Morgan fingerprint density at radius 3 is 2.50 bits per heavy atom. The van der Waals surface area contributed by atoms with Gasteiger partial charge < -0.3 is 9.64 Å². The highest BCUT2D eigenvalue weighted by atomic mass is 35.5. The van der Waals surface area contributed by atoms with Crippen LogP contribution in [0.3, 0.4) is 0 Å². The van der Waals surface area contributed by atoms with Gasteiger partial charge in [0.15, 0.2) is 0 Å². The van der Waals surface area contributed by atoms with Crippen LogP contribution in [0.5, 0.6) is 0 Å². The number of rotatable bonds is 4. The third-order valence-corrected chi connectivity index (χ3v) is 4.63. The van der Waals surface area contributed by atoms with E-state index in [9.17, 15) is 4.79 Å². The first-order valence-corrected chi connectivity index (χ1v) is 7.98. The summed E-state index contributed by atoms with van der Waals surface area (Å²) in [5.41, 5.74) is 0.632. The molecule has 1 aromatic carbocycles. The topological polar surface area (TPSA) is 29.5 Å². The standard InChI is InChI=1S/C18H27NO2.ClH/c1-5-11-19-13-14(2)18(12-15(19)3,21-16(4)20)17-9-7-6-8-10-17;/h6-10,14-15H,5,11-13H2,1-4H3;1H. The van der Waals surface area contributed by atoms with Crippen LogP contribution in [0, 0.1) is 5.92 Å². The number of likely N-dealkylation sites (tertiary alicyclic amines) is 1. The fourth-order valence-electron chi connectivity index (χ4n) is 3.63. The van der Waals surface area contributed by atoms with E-state index in [1.54, 1.807) is 0 Å². The summed E-state index contributed by atoms with van der Waals surface area (Å²) in [4.78, 5) is 14.2. The van der Waals surface area contributed by atoms with Gasteiger partial charge in [0.1, 0.15) is 5.60 Å². The van der Waals surface area contributed by atoms with Crippen LogP contribution in [0.15, 0.2) is 30.3 Å². The number of carbonyl (C=O) groups is 1. The number of nitrogens with zero attached hydrogens (tertiary/aromatic N) is 1. The lowest BCUT2D eigenvalue weighted by molar-refractivity contribution is -0.176. The molecule has 1 aliphatic rings. The van der Waals surface area contributed by atoms with Crippen molar-refractivity contribution in [2.24, 2.45) is 5.92 Å². The lowest BCUT2D eigenvalue weighted by atomic mass is 9.74. The van der Waals surface area contributed by atoms with Gasteiger partial charge in [0, 0.05) is 31.8 Å². The van der Waals surface area contributed by atoms with Crippen molar-refractivity contribution in [3.8, 4) is 0 Å². The number of hydrogen-bond acceptors (Lipinski definition) is 3. The second-order valence-electron chi connectivity index (χ2n) is 6.30. The molecular formula is C18H28ClNO2. The largest absolute Gasteiger partial charge is 0.454 e. The van der Waals surface area contributed by atoms with Crippen molar-refractivity contribution in [3.05, 3.63) is 35.9 Å². The minimum absolute atomic E-state index is 0. The lowest BCUT2D eigenvalue weighted by Crippen LogP contribution is -2.54. The Bertz CT molecular complexity index is 479. The minimum Gasteiger partial charge on any atom is -0.454 e. The quantitative estimate of drug-likeness (QED) is 0.783. The summed E-state index contributed by atoms with van der Waals surface area (Å²) in [6, 6.07) is 10.6. The van der Waals surface area contributed by atoms with Crippen LogP contribution in [0.1, 0.15) is 46.1 Å². The third-order valence-electron chi connectivity index (χ3n) is 4.63. The molecule has 0 amide bonds. The van der Waals surface area contributed by atoms with Gasteiger partial charge in [0.2, 0.25) is 0 Å². The lowest BCUT2D eigenvalue weighted by Gasteiger charge is -2.49. The van der Waals surface area contributed by atoms with E-state index in [0.717, 1.165) is 31.5 Å². The predicted octanol–water partition coefficient (Wildman–Crippen LogP) is 4.01. The van der Waals surface area contributed by atoms with Crippen molar-refractivity contribution in [1.82, 2.24) is 4.90 Å². The monoisotopic (exact) mass is 325 g/mol. The van der Waals surface area contributed by atoms with Crippen LogP contribution in [0.4, 0.5) is 0 Å². The Hall–Kier alpha value is -1.06. The molecule has 1 aromatic rings. The highest BCUT2D eigenvalue weighted by molar-refractivity contribution is 5.85. The van der Waals surface area contributed by atoms with E-state index >= 15 is 0 Å². The Labute approximate surface area is 140 Å². The molecule has 0 aromatic heterocycles. The summed E-state index contributed by atoms with van der Waals surface area (Å²) in [6.45, 7) is 10.2. The molecule has 0 N–H and O–H groups in total. The molecule has 0 radical (unpaired) electrons. The highest BCUT2D eigenvalue weighted by Gasteiger charge is 2.47. The zero-order valence-electron chi connectivity index (χ0n) is 14.0. The van der Waals surface area contributed by atoms with Crippen molar-refractivity contribution in [2.75, 3.05) is 13.1 Å². The van der Waals surface area contributed by atoms with Crippen LogP contribution >= 0.6 is 12.4 Å². The van der Waals surface area contributed by atoms with Gasteiger partial charge in [-0.2, -0.15) is 0 Å². The van der Waals surface area contributed by atoms with Gasteiger partial charge in [-0.25, -0.2) is 0 Å². The third kappa shape index (κ3) is 3.82. The molecule has 1 heterocycles. The van der Waals surface area contributed by atoms with E-state index in [1.807, 2.05) is 18.2 Å². The van der Waals surface area contributed by atoms with E-state index < -0.39 is 5.60 Å². The fourth-order valence-corrected chi connectivity index (χ4v) is 3.63. The molecule has 2 rings (SSSR count). The van der Waals surface area contributed by atoms with Crippen molar-refractivity contribution >= 4 is 18.4 Å². The second-order valence-corrected chi connectivity index (χ2v) is 6.30. The first kappa shape index (κ1) is 19.0. The number of ether oxygens (including phenoxy) is 1. The van der Waals surface area contributed by atoms with Crippen LogP contribution < -0.4 is 0 Å². The molecule has 0 saturated carbocycles. The molecule has 1 fully saturated rings. The van der Waals surface area contributed by atoms with Crippen molar-refractivity contribution in [1.29, 1.82) is 0 Å². The van der Waals surface area contributed by atoms with Gasteiger partial charge >= 0.3 is 5.97 Å².